The number of benzene rings is 1. The maximum Gasteiger partial charge on any atom is 0.226 e. The van der Waals surface area contributed by atoms with Crippen LogP contribution < -0.4 is 5.32 Å². The maximum atomic E-state index is 13.1. The summed E-state index contributed by atoms with van der Waals surface area (Å²) >= 11 is 0. The van der Waals surface area contributed by atoms with Crippen LogP contribution in [0.2, 0.25) is 0 Å². The Labute approximate surface area is 172 Å². The van der Waals surface area contributed by atoms with E-state index in [4.69, 9.17) is 0 Å². The highest BCUT2D eigenvalue weighted by molar-refractivity contribution is 5.84. The molecule has 3 atom stereocenters. The normalized spacial score (nSPS) is 27.1. The van der Waals surface area contributed by atoms with Crippen molar-refractivity contribution in [1.29, 1.82) is 0 Å². The lowest BCUT2D eigenvalue weighted by Crippen LogP contribution is -2.56. The molecule has 0 unspecified atom stereocenters. The molecule has 3 saturated heterocycles. The fraction of sp³-hybridized carbons (Fsp3) is 0.652. The van der Waals surface area contributed by atoms with E-state index in [0.29, 0.717) is 31.3 Å². The van der Waals surface area contributed by atoms with Crippen LogP contribution in [0.4, 0.5) is 4.39 Å². The van der Waals surface area contributed by atoms with Crippen LogP contribution in [0.3, 0.4) is 0 Å². The number of fused-ring (bicyclic) bond motifs is 2. The molecule has 3 fully saturated rings. The predicted molar refractivity (Wildman–Crippen MR) is 110 cm³/mol. The molecule has 6 heteroatoms. The Morgan fingerprint density at radius 2 is 1.93 bits per heavy atom. The van der Waals surface area contributed by atoms with Gasteiger partial charge in [-0.2, -0.15) is 0 Å². The minimum absolute atomic E-state index is 0.0807. The van der Waals surface area contributed by atoms with E-state index in [-0.39, 0.29) is 29.1 Å². The van der Waals surface area contributed by atoms with E-state index in [1.54, 1.807) is 12.1 Å². The van der Waals surface area contributed by atoms with Crippen molar-refractivity contribution in [3.05, 3.63) is 35.6 Å². The average Bonchev–Trinajstić information content (AvgIpc) is 3.23. The van der Waals surface area contributed by atoms with Gasteiger partial charge in [-0.05, 0) is 36.5 Å². The zero-order chi connectivity index (χ0) is 20.6. The smallest absolute Gasteiger partial charge is 0.226 e. The number of carbonyl (C=O) groups excluding carboxylic acids is 2. The molecule has 1 aromatic rings. The van der Waals surface area contributed by atoms with Crippen molar-refractivity contribution in [2.45, 2.75) is 45.1 Å². The van der Waals surface area contributed by atoms with Crippen molar-refractivity contribution in [1.82, 2.24) is 15.1 Å². The quantitative estimate of drug-likeness (QED) is 0.825. The van der Waals surface area contributed by atoms with Gasteiger partial charge in [0.15, 0.2) is 0 Å². The van der Waals surface area contributed by atoms with E-state index in [1.165, 1.54) is 12.1 Å². The highest BCUT2D eigenvalue weighted by Crippen LogP contribution is 2.44. The number of nitrogens with zero attached hydrogens (tertiary/aromatic N) is 2. The zero-order valence-electron chi connectivity index (χ0n) is 17.5. The van der Waals surface area contributed by atoms with Crippen molar-refractivity contribution in [3.63, 3.8) is 0 Å². The molecule has 29 heavy (non-hydrogen) atoms. The third kappa shape index (κ3) is 4.04. The van der Waals surface area contributed by atoms with Crippen molar-refractivity contribution in [3.8, 4) is 0 Å². The lowest BCUT2D eigenvalue weighted by Gasteiger charge is -2.43. The Morgan fingerprint density at radius 3 is 2.59 bits per heavy atom. The number of hydrogen-bond acceptors (Lipinski definition) is 3. The van der Waals surface area contributed by atoms with Crippen molar-refractivity contribution < 1.29 is 14.0 Å². The molecular weight excluding hydrogens is 369 g/mol. The summed E-state index contributed by atoms with van der Waals surface area (Å²) in [5, 5.41) is 3.33. The predicted octanol–water partition coefficient (Wildman–Crippen LogP) is 2.45. The summed E-state index contributed by atoms with van der Waals surface area (Å²) in [6.07, 6.45) is 3.11. The first-order chi connectivity index (χ1) is 13.9. The van der Waals surface area contributed by atoms with E-state index in [0.717, 1.165) is 44.5 Å². The fourth-order valence-corrected chi connectivity index (χ4v) is 5.40. The van der Waals surface area contributed by atoms with Gasteiger partial charge in [-0.3, -0.25) is 9.59 Å². The Kier molecular flexibility index (Phi) is 5.65. The molecule has 0 bridgehead atoms. The largest absolute Gasteiger partial charge is 0.350 e. The molecule has 0 aromatic heterocycles. The van der Waals surface area contributed by atoms with E-state index < -0.39 is 0 Å². The summed E-state index contributed by atoms with van der Waals surface area (Å²) in [6.45, 7) is 8.76. The number of piperidine rings is 1. The summed E-state index contributed by atoms with van der Waals surface area (Å²) in [5.74, 6) is 1.10. The second-order valence-corrected chi connectivity index (χ2v) is 9.27. The van der Waals surface area contributed by atoms with Crippen molar-refractivity contribution in [2.24, 2.45) is 17.8 Å². The number of carbonyl (C=O) groups is 2. The molecule has 2 amide bonds. The Balaban J connectivity index is 1.36. The first-order valence-corrected chi connectivity index (χ1v) is 11.0. The minimum Gasteiger partial charge on any atom is -0.350 e. The number of hydrogen-bond donors (Lipinski definition) is 1. The Bertz CT molecular complexity index is 758. The molecule has 158 valence electrons. The lowest BCUT2D eigenvalue weighted by molar-refractivity contribution is -0.132. The van der Waals surface area contributed by atoms with E-state index >= 15 is 0 Å². The van der Waals surface area contributed by atoms with Gasteiger partial charge in [0.25, 0.3) is 0 Å². The van der Waals surface area contributed by atoms with Crippen LogP contribution in [-0.4, -0.2) is 59.9 Å². The monoisotopic (exact) mass is 401 g/mol. The van der Waals surface area contributed by atoms with Crippen molar-refractivity contribution in [2.75, 3.05) is 32.7 Å². The number of halogens is 1. The van der Waals surface area contributed by atoms with Crippen LogP contribution in [0.5, 0.6) is 0 Å². The van der Waals surface area contributed by atoms with Gasteiger partial charge in [0.1, 0.15) is 5.82 Å². The molecule has 1 spiro atoms. The third-order valence-corrected chi connectivity index (χ3v) is 7.36. The van der Waals surface area contributed by atoms with Crippen LogP contribution in [0.25, 0.3) is 0 Å². The average molecular weight is 402 g/mol. The van der Waals surface area contributed by atoms with Gasteiger partial charge in [-0.15, -0.1) is 0 Å². The minimum atomic E-state index is -0.286. The maximum absolute atomic E-state index is 13.1. The molecule has 1 aromatic carbocycles. The standard InChI is InChI=1S/C23H32FN3O2/c1-3-16(2)13-26-14-19-20(15-26)23(25-22(19)29)8-10-27(11-9-23)21(28)12-17-4-6-18(24)7-5-17/h4-7,16,19-20H,3,8-15H2,1-2H3,(H,25,29)/t16-,19+,20-/m0/s1. The van der Waals surface area contributed by atoms with Gasteiger partial charge in [0.05, 0.1) is 12.3 Å². The van der Waals surface area contributed by atoms with Crippen LogP contribution in [0.15, 0.2) is 24.3 Å². The van der Waals surface area contributed by atoms with E-state index in [1.807, 2.05) is 4.90 Å². The van der Waals surface area contributed by atoms with Gasteiger partial charge >= 0.3 is 0 Å². The van der Waals surface area contributed by atoms with Gasteiger partial charge in [-0.1, -0.05) is 32.4 Å². The first-order valence-electron chi connectivity index (χ1n) is 11.0. The summed E-state index contributed by atoms with van der Waals surface area (Å²) in [4.78, 5) is 29.7. The number of nitrogens with one attached hydrogen (secondary N) is 1. The van der Waals surface area contributed by atoms with Crippen LogP contribution in [0, 0.1) is 23.6 Å². The van der Waals surface area contributed by atoms with Crippen LogP contribution in [0.1, 0.15) is 38.7 Å². The molecular formula is C23H32FN3O2. The van der Waals surface area contributed by atoms with Gasteiger partial charge in [0.2, 0.25) is 11.8 Å². The van der Waals surface area contributed by atoms with Crippen LogP contribution >= 0.6 is 0 Å². The molecule has 1 N–H and O–H groups in total. The highest BCUT2D eigenvalue weighted by atomic mass is 19.1. The number of rotatable bonds is 5. The summed E-state index contributed by atoms with van der Waals surface area (Å²) in [7, 11) is 0. The second-order valence-electron chi connectivity index (χ2n) is 9.27. The molecule has 0 saturated carbocycles. The molecule has 4 rings (SSSR count). The summed E-state index contributed by atoms with van der Waals surface area (Å²) in [6, 6.07) is 6.14. The molecule has 5 nitrogen and oxygen atoms in total. The Hall–Kier alpha value is -1.95. The number of amides is 2. The zero-order valence-corrected chi connectivity index (χ0v) is 17.5. The SMILES string of the molecule is CC[C@H](C)CN1C[C@H]2C(=O)NC3(CCN(C(=O)Cc4ccc(F)cc4)CC3)[C@H]2C1. The summed E-state index contributed by atoms with van der Waals surface area (Å²) in [5.41, 5.74) is 0.681. The molecule has 3 aliphatic rings. The Morgan fingerprint density at radius 1 is 1.24 bits per heavy atom. The fourth-order valence-electron chi connectivity index (χ4n) is 5.40. The highest BCUT2D eigenvalue weighted by Gasteiger charge is 2.57. The van der Waals surface area contributed by atoms with Gasteiger partial charge in [-0.25, -0.2) is 4.39 Å². The molecule has 0 radical (unpaired) electrons. The van der Waals surface area contributed by atoms with Gasteiger partial charge in [0, 0.05) is 44.2 Å². The second kappa shape index (κ2) is 8.05. The molecule has 3 aliphatic heterocycles. The first kappa shape index (κ1) is 20.3. The summed E-state index contributed by atoms with van der Waals surface area (Å²) < 4.78 is 13.1. The lowest BCUT2D eigenvalue weighted by atomic mass is 9.75. The van der Waals surface area contributed by atoms with Gasteiger partial charge < -0.3 is 15.1 Å². The topological polar surface area (TPSA) is 52.7 Å². The van der Waals surface area contributed by atoms with Crippen molar-refractivity contribution >= 4 is 11.8 Å². The molecule has 0 aliphatic carbocycles. The van der Waals surface area contributed by atoms with E-state index in [2.05, 4.69) is 24.1 Å². The molecule has 3 heterocycles. The number of likely N-dealkylation sites (tertiary alicyclic amines) is 2. The third-order valence-electron chi connectivity index (χ3n) is 7.36. The van der Waals surface area contributed by atoms with Crippen LogP contribution in [-0.2, 0) is 16.0 Å². The van der Waals surface area contributed by atoms with E-state index in [9.17, 15) is 14.0 Å².